The molecule has 5 heteroatoms. The average molecular weight is 294 g/mol. The minimum absolute atomic E-state index is 0.0321. The van der Waals surface area contributed by atoms with Gasteiger partial charge in [0.1, 0.15) is 0 Å². The molecule has 1 aromatic carbocycles. The van der Waals surface area contributed by atoms with Gasteiger partial charge in [0.05, 0.1) is 4.90 Å². The Hall–Kier alpha value is -0.910. The van der Waals surface area contributed by atoms with Crippen molar-refractivity contribution in [3.8, 4) is 0 Å². The highest BCUT2D eigenvalue weighted by Crippen LogP contribution is 2.45. The van der Waals surface area contributed by atoms with E-state index in [9.17, 15) is 8.42 Å². The first-order chi connectivity index (χ1) is 9.21. The molecule has 0 amide bonds. The molecule has 0 spiro atoms. The van der Waals surface area contributed by atoms with E-state index in [4.69, 9.17) is 5.73 Å². The summed E-state index contributed by atoms with van der Waals surface area (Å²) in [7, 11) is -3.35. The van der Waals surface area contributed by atoms with E-state index in [1.54, 1.807) is 16.4 Å². The largest absolute Gasteiger partial charge is 0.327 e. The smallest absolute Gasteiger partial charge is 0.243 e. The molecule has 1 heterocycles. The van der Waals surface area contributed by atoms with Crippen LogP contribution in [0.25, 0.3) is 0 Å². The number of nitrogens with two attached hydrogens (primary N) is 1. The predicted octanol–water partition coefficient (Wildman–Crippen LogP) is 1.56. The Labute approximate surface area is 121 Å². The highest BCUT2D eigenvalue weighted by Gasteiger charge is 2.56. The van der Waals surface area contributed by atoms with Crippen LogP contribution in [-0.4, -0.2) is 31.9 Å². The third kappa shape index (κ3) is 2.18. The van der Waals surface area contributed by atoms with Crippen molar-refractivity contribution in [2.75, 3.05) is 13.1 Å². The number of sulfonamides is 1. The number of benzene rings is 1. The molecule has 1 aromatic rings. The average Bonchev–Trinajstić information content (AvgIpc) is 2.80. The molecule has 1 saturated carbocycles. The highest BCUT2D eigenvalue weighted by molar-refractivity contribution is 7.89. The standard InChI is InChI=1S/C15H22N2O2S/c1-15(2,3)10-4-6-11(7-5-10)20(18,19)17-8-12-13(9-17)14(12)16/h4-7,12-14H,8-9,16H2,1-3H3. The predicted molar refractivity (Wildman–Crippen MR) is 78.9 cm³/mol. The summed E-state index contributed by atoms with van der Waals surface area (Å²) in [5.74, 6) is 0.747. The maximum atomic E-state index is 12.6. The van der Waals surface area contributed by atoms with Gasteiger partial charge in [0.2, 0.25) is 10.0 Å². The van der Waals surface area contributed by atoms with Crippen molar-refractivity contribution < 1.29 is 8.42 Å². The number of fused-ring (bicyclic) bond motifs is 1. The molecule has 2 aliphatic rings. The van der Waals surface area contributed by atoms with Gasteiger partial charge in [0, 0.05) is 19.1 Å². The summed E-state index contributed by atoms with van der Waals surface area (Å²) >= 11 is 0. The van der Waals surface area contributed by atoms with Crippen molar-refractivity contribution in [3.05, 3.63) is 29.8 Å². The molecule has 1 aliphatic heterocycles. The van der Waals surface area contributed by atoms with Gasteiger partial charge in [-0.1, -0.05) is 32.9 Å². The fourth-order valence-electron chi connectivity index (χ4n) is 3.01. The van der Waals surface area contributed by atoms with E-state index < -0.39 is 10.0 Å². The molecule has 0 bridgehead atoms. The van der Waals surface area contributed by atoms with Crippen LogP contribution in [0, 0.1) is 11.8 Å². The molecular formula is C15H22N2O2S. The molecule has 0 aromatic heterocycles. The van der Waals surface area contributed by atoms with Crippen LogP contribution in [0.15, 0.2) is 29.2 Å². The van der Waals surface area contributed by atoms with Gasteiger partial charge in [-0.25, -0.2) is 8.42 Å². The van der Waals surface area contributed by atoms with Gasteiger partial charge in [-0.2, -0.15) is 4.31 Å². The Morgan fingerprint density at radius 2 is 1.60 bits per heavy atom. The summed E-state index contributed by atoms with van der Waals surface area (Å²) in [6.07, 6.45) is 0. The van der Waals surface area contributed by atoms with E-state index in [0.717, 1.165) is 5.56 Å². The second kappa shape index (κ2) is 4.29. The molecule has 1 saturated heterocycles. The van der Waals surface area contributed by atoms with Crippen molar-refractivity contribution in [3.63, 3.8) is 0 Å². The quantitative estimate of drug-likeness (QED) is 0.900. The number of hydrogen-bond donors (Lipinski definition) is 1. The lowest BCUT2D eigenvalue weighted by molar-refractivity contribution is 0.432. The first-order valence-corrected chi connectivity index (χ1v) is 8.51. The number of nitrogens with zero attached hydrogens (tertiary/aromatic N) is 1. The van der Waals surface area contributed by atoms with Crippen LogP contribution in [0.2, 0.25) is 0 Å². The molecule has 1 aliphatic carbocycles. The summed E-state index contributed by atoms with van der Waals surface area (Å²) in [6, 6.07) is 7.48. The third-order valence-electron chi connectivity index (χ3n) is 4.58. The van der Waals surface area contributed by atoms with E-state index >= 15 is 0 Å². The van der Waals surface area contributed by atoms with E-state index in [-0.39, 0.29) is 11.5 Å². The Bertz CT molecular complexity index is 604. The van der Waals surface area contributed by atoms with Crippen molar-refractivity contribution >= 4 is 10.0 Å². The summed E-state index contributed by atoms with van der Waals surface area (Å²) in [6.45, 7) is 7.51. The van der Waals surface area contributed by atoms with Crippen LogP contribution in [0.4, 0.5) is 0 Å². The van der Waals surface area contributed by atoms with Crippen LogP contribution < -0.4 is 5.73 Å². The van der Waals surface area contributed by atoms with Gasteiger partial charge in [0.15, 0.2) is 0 Å². The molecule has 2 N–H and O–H groups in total. The Balaban J connectivity index is 1.82. The summed E-state index contributed by atoms with van der Waals surface area (Å²) < 4.78 is 26.7. The molecular weight excluding hydrogens is 272 g/mol. The Kier molecular flexibility index (Phi) is 3.01. The van der Waals surface area contributed by atoms with Gasteiger partial charge >= 0.3 is 0 Å². The molecule has 2 atom stereocenters. The van der Waals surface area contributed by atoms with Crippen LogP contribution in [-0.2, 0) is 15.4 Å². The fraction of sp³-hybridized carbons (Fsp3) is 0.600. The van der Waals surface area contributed by atoms with Crippen molar-refractivity contribution in [1.82, 2.24) is 4.31 Å². The SMILES string of the molecule is CC(C)(C)c1ccc(S(=O)(=O)N2CC3C(N)C3C2)cc1. The highest BCUT2D eigenvalue weighted by atomic mass is 32.2. The zero-order chi connectivity index (χ0) is 14.7. The van der Waals surface area contributed by atoms with Crippen LogP contribution in [0.3, 0.4) is 0 Å². The number of piperidine rings is 1. The second-order valence-electron chi connectivity index (χ2n) is 7.00. The molecule has 2 unspecified atom stereocenters. The molecule has 20 heavy (non-hydrogen) atoms. The molecule has 0 radical (unpaired) electrons. The number of hydrogen-bond acceptors (Lipinski definition) is 3. The van der Waals surface area contributed by atoms with Crippen molar-refractivity contribution in [2.24, 2.45) is 17.6 Å². The molecule has 3 rings (SSSR count). The van der Waals surface area contributed by atoms with Gasteiger partial charge < -0.3 is 5.73 Å². The van der Waals surface area contributed by atoms with E-state index in [1.807, 2.05) is 12.1 Å². The van der Waals surface area contributed by atoms with Gasteiger partial charge in [0.25, 0.3) is 0 Å². The molecule has 110 valence electrons. The van der Waals surface area contributed by atoms with E-state index in [0.29, 0.717) is 29.8 Å². The normalized spacial score (nSPS) is 30.3. The zero-order valence-electron chi connectivity index (χ0n) is 12.2. The lowest BCUT2D eigenvalue weighted by Crippen LogP contribution is -2.33. The molecule has 4 nitrogen and oxygen atoms in total. The van der Waals surface area contributed by atoms with Crippen LogP contribution in [0.5, 0.6) is 0 Å². The number of rotatable bonds is 2. The lowest BCUT2D eigenvalue weighted by Gasteiger charge is -2.21. The third-order valence-corrected chi connectivity index (χ3v) is 6.43. The van der Waals surface area contributed by atoms with Crippen molar-refractivity contribution in [1.29, 1.82) is 0 Å². The zero-order valence-corrected chi connectivity index (χ0v) is 13.0. The fourth-order valence-corrected chi connectivity index (χ4v) is 4.52. The van der Waals surface area contributed by atoms with Gasteiger partial charge in [-0.3, -0.25) is 0 Å². The lowest BCUT2D eigenvalue weighted by atomic mass is 9.87. The second-order valence-corrected chi connectivity index (χ2v) is 8.94. The monoisotopic (exact) mass is 294 g/mol. The van der Waals surface area contributed by atoms with E-state index in [2.05, 4.69) is 20.8 Å². The van der Waals surface area contributed by atoms with Gasteiger partial charge in [-0.15, -0.1) is 0 Å². The summed E-state index contributed by atoms with van der Waals surface area (Å²) in [4.78, 5) is 0.389. The maximum absolute atomic E-state index is 12.6. The van der Waals surface area contributed by atoms with Crippen LogP contribution >= 0.6 is 0 Å². The molecule has 2 fully saturated rings. The summed E-state index contributed by atoms with van der Waals surface area (Å²) in [5, 5.41) is 0. The van der Waals surface area contributed by atoms with Crippen molar-refractivity contribution in [2.45, 2.75) is 37.1 Å². The first kappa shape index (κ1) is 14.0. The van der Waals surface area contributed by atoms with E-state index in [1.165, 1.54) is 0 Å². The first-order valence-electron chi connectivity index (χ1n) is 7.07. The topological polar surface area (TPSA) is 63.4 Å². The minimum Gasteiger partial charge on any atom is -0.327 e. The Morgan fingerprint density at radius 3 is 2.05 bits per heavy atom. The summed E-state index contributed by atoms with van der Waals surface area (Å²) in [5.41, 5.74) is 7.04. The Morgan fingerprint density at radius 1 is 1.10 bits per heavy atom. The van der Waals surface area contributed by atoms with Gasteiger partial charge in [-0.05, 0) is 34.9 Å². The maximum Gasteiger partial charge on any atom is 0.243 e. The minimum atomic E-state index is -3.35. The van der Waals surface area contributed by atoms with Crippen LogP contribution in [0.1, 0.15) is 26.3 Å².